The fourth-order valence-electron chi connectivity index (χ4n) is 2.52. The zero-order valence-electron chi connectivity index (χ0n) is 15.5. The Morgan fingerprint density at radius 2 is 2.08 bits per heavy atom. The summed E-state index contributed by atoms with van der Waals surface area (Å²) in [6.07, 6.45) is 2.36. The number of aromatic nitrogens is 1. The summed E-state index contributed by atoms with van der Waals surface area (Å²) in [7, 11) is 0. The van der Waals surface area contributed by atoms with E-state index in [9.17, 15) is 14.7 Å². The van der Waals surface area contributed by atoms with Gasteiger partial charge in [0.15, 0.2) is 5.69 Å². The molecular weight excluding hydrogens is 326 g/mol. The number of nitrogens with zero attached hydrogens (tertiary/aromatic N) is 2. The maximum atomic E-state index is 12.3. The molecule has 2 heterocycles. The largest absolute Gasteiger partial charge is 0.446 e. The summed E-state index contributed by atoms with van der Waals surface area (Å²) in [5.41, 5.74) is -1.22. The van der Waals surface area contributed by atoms with E-state index in [4.69, 9.17) is 9.15 Å². The fourth-order valence-corrected chi connectivity index (χ4v) is 2.52. The molecular formula is C17H27N3O5. The second kappa shape index (κ2) is 7.03. The summed E-state index contributed by atoms with van der Waals surface area (Å²) < 4.78 is 10.9. The monoisotopic (exact) mass is 353 g/mol. The number of hydrogen-bond donors (Lipinski definition) is 2. The van der Waals surface area contributed by atoms with Crippen LogP contribution >= 0.6 is 0 Å². The molecule has 140 valence electrons. The van der Waals surface area contributed by atoms with Crippen molar-refractivity contribution in [1.82, 2.24) is 15.2 Å². The van der Waals surface area contributed by atoms with Crippen molar-refractivity contribution in [2.75, 3.05) is 13.2 Å². The number of ether oxygens (including phenoxy) is 1. The molecule has 1 aromatic heterocycles. The highest BCUT2D eigenvalue weighted by molar-refractivity contribution is 5.92. The fraction of sp³-hybridized carbons (Fsp3) is 0.706. The van der Waals surface area contributed by atoms with Crippen molar-refractivity contribution in [3.8, 4) is 0 Å². The van der Waals surface area contributed by atoms with Crippen LogP contribution in [0.4, 0.5) is 4.79 Å². The Kier molecular flexibility index (Phi) is 5.41. The summed E-state index contributed by atoms with van der Waals surface area (Å²) in [6.45, 7) is 9.20. The highest BCUT2D eigenvalue weighted by Gasteiger charge is 2.36. The van der Waals surface area contributed by atoms with Gasteiger partial charge in [-0.3, -0.25) is 9.69 Å². The minimum atomic E-state index is -0.758. The van der Waals surface area contributed by atoms with Crippen molar-refractivity contribution in [3.05, 3.63) is 17.8 Å². The number of carbonyl (C=O) groups excluding carboxylic acids is 2. The number of aliphatic hydroxyl groups is 1. The van der Waals surface area contributed by atoms with Crippen LogP contribution in [-0.2, 0) is 4.74 Å². The number of hydrogen-bond acceptors (Lipinski definition) is 6. The Labute approximate surface area is 147 Å². The Balaban J connectivity index is 2.10. The van der Waals surface area contributed by atoms with Crippen LogP contribution in [0.5, 0.6) is 0 Å². The molecule has 1 fully saturated rings. The third-order valence-electron chi connectivity index (χ3n) is 3.77. The Morgan fingerprint density at radius 3 is 2.68 bits per heavy atom. The first-order chi connectivity index (χ1) is 11.5. The molecule has 0 aromatic carbocycles. The van der Waals surface area contributed by atoms with E-state index < -0.39 is 23.1 Å². The van der Waals surface area contributed by atoms with Crippen LogP contribution < -0.4 is 5.32 Å². The van der Waals surface area contributed by atoms with Gasteiger partial charge >= 0.3 is 6.09 Å². The molecule has 25 heavy (non-hydrogen) atoms. The second-order valence-electron chi connectivity index (χ2n) is 7.90. The lowest BCUT2D eigenvalue weighted by Gasteiger charge is -2.27. The van der Waals surface area contributed by atoms with E-state index in [1.54, 1.807) is 18.7 Å². The summed E-state index contributed by atoms with van der Waals surface area (Å²) in [6, 6.07) is -0.345. The van der Waals surface area contributed by atoms with Gasteiger partial charge in [0.2, 0.25) is 5.89 Å². The Bertz CT molecular complexity index is 632. The number of oxazole rings is 1. The standard InChI is InChI=1S/C17H27N3O5/c1-16(2,3)25-15(23)20-8-6-7-12(20)14-18-11(9-24-14)13(22)19-17(4,5)10-21/h9,12,21H,6-8,10H2,1-5H3,(H,19,22)/t12-/m0/s1. The van der Waals surface area contributed by atoms with Crippen LogP contribution in [0.15, 0.2) is 10.7 Å². The lowest BCUT2D eigenvalue weighted by atomic mass is 10.1. The molecule has 0 aliphatic carbocycles. The first-order valence-corrected chi connectivity index (χ1v) is 8.41. The van der Waals surface area contributed by atoms with Gasteiger partial charge in [-0.15, -0.1) is 0 Å². The van der Waals surface area contributed by atoms with Crippen LogP contribution in [0.2, 0.25) is 0 Å². The zero-order chi connectivity index (χ0) is 18.8. The third-order valence-corrected chi connectivity index (χ3v) is 3.77. The van der Waals surface area contributed by atoms with E-state index in [2.05, 4.69) is 10.3 Å². The van der Waals surface area contributed by atoms with Gasteiger partial charge in [-0.25, -0.2) is 9.78 Å². The Hall–Kier alpha value is -2.09. The van der Waals surface area contributed by atoms with Gasteiger partial charge in [-0.1, -0.05) is 0 Å². The normalized spacial score (nSPS) is 18.3. The van der Waals surface area contributed by atoms with Gasteiger partial charge in [-0.2, -0.15) is 0 Å². The molecule has 2 amide bonds. The summed E-state index contributed by atoms with van der Waals surface area (Å²) in [5, 5.41) is 11.9. The van der Waals surface area contributed by atoms with Crippen LogP contribution in [-0.4, -0.2) is 51.3 Å². The number of carbonyl (C=O) groups is 2. The van der Waals surface area contributed by atoms with Gasteiger partial charge in [0.25, 0.3) is 5.91 Å². The lowest BCUT2D eigenvalue weighted by Crippen LogP contribution is -2.46. The third kappa shape index (κ3) is 4.94. The minimum Gasteiger partial charge on any atom is -0.446 e. The van der Waals surface area contributed by atoms with Gasteiger partial charge in [0.1, 0.15) is 17.9 Å². The lowest BCUT2D eigenvalue weighted by molar-refractivity contribution is 0.0204. The number of amides is 2. The number of rotatable bonds is 4. The van der Waals surface area contributed by atoms with Crippen LogP contribution in [0.25, 0.3) is 0 Å². The molecule has 1 aliphatic heterocycles. The predicted molar refractivity (Wildman–Crippen MR) is 90.0 cm³/mol. The zero-order valence-corrected chi connectivity index (χ0v) is 15.5. The van der Waals surface area contributed by atoms with Gasteiger partial charge in [-0.05, 0) is 47.5 Å². The van der Waals surface area contributed by atoms with E-state index in [1.807, 2.05) is 20.8 Å². The summed E-state index contributed by atoms with van der Waals surface area (Å²) in [5.74, 6) is -0.119. The van der Waals surface area contributed by atoms with E-state index in [0.29, 0.717) is 18.9 Å². The van der Waals surface area contributed by atoms with Crippen molar-refractivity contribution in [3.63, 3.8) is 0 Å². The first kappa shape index (κ1) is 19.2. The summed E-state index contributed by atoms with van der Waals surface area (Å²) >= 11 is 0. The molecule has 8 nitrogen and oxygen atoms in total. The van der Waals surface area contributed by atoms with Crippen molar-refractivity contribution in [1.29, 1.82) is 0 Å². The molecule has 1 atom stereocenters. The minimum absolute atomic E-state index is 0.118. The molecule has 0 bridgehead atoms. The smallest absolute Gasteiger partial charge is 0.410 e. The molecule has 0 unspecified atom stereocenters. The van der Waals surface area contributed by atoms with Crippen LogP contribution in [0, 0.1) is 0 Å². The van der Waals surface area contributed by atoms with Gasteiger partial charge in [0, 0.05) is 6.54 Å². The average molecular weight is 353 g/mol. The molecule has 0 radical (unpaired) electrons. The maximum absolute atomic E-state index is 12.3. The van der Waals surface area contributed by atoms with E-state index in [-0.39, 0.29) is 18.3 Å². The molecule has 2 rings (SSSR count). The van der Waals surface area contributed by atoms with Gasteiger partial charge in [0.05, 0.1) is 12.1 Å². The number of aliphatic hydroxyl groups excluding tert-OH is 1. The quantitative estimate of drug-likeness (QED) is 0.860. The van der Waals surface area contributed by atoms with Crippen molar-refractivity contribution >= 4 is 12.0 Å². The molecule has 1 aromatic rings. The molecule has 2 N–H and O–H groups in total. The average Bonchev–Trinajstić information content (AvgIpc) is 3.13. The SMILES string of the molecule is CC(C)(CO)NC(=O)c1coc([C@@H]2CCCN2C(=O)OC(C)(C)C)n1. The molecule has 0 spiro atoms. The first-order valence-electron chi connectivity index (χ1n) is 8.41. The van der Waals surface area contributed by atoms with E-state index in [0.717, 1.165) is 6.42 Å². The van der Waals surface area contributed by atoms with Crippen LogP contribution in [0.3, 0.4) is 0 Å². The van der Waals surface area contributed by atoms with Crippen molar-refractivity contribution < 1.29 is 23.8 Å². The highest BCUT2D eigenvalue weighted by atomic mass is 16.6. The van der Waals surface area contributed by atoms with Crippen molar-refractivity contribution in [2.24, 2.45) is 0 Å². The summed E-state index contributed by atoms with van der Waals surface area (Å²) in [4.78, 5) is 30.3. The molecule has 8 heteroatoms. The molecule has 0 saturated carbocycles. The maximum Gasteiger partial charge on any atom is 0.410 e. The second-order valence-corrected chi connectivity index (χ2v) is 7.90. The van der Waals surface area contributed by atoms with E-state index >= 15 is 0 Å². The predicted octanol–water partition coefficient (Wildman–Crippen LogP) is 2.25. The number of likely N-dealkylation sites (tertiary alicyclic amines) is 1. The number of nitrogens with one attached hydrogen (secondary N) is 1. The topological polar surface area (TPSA) is 105 Å². The van der Waals surface area contributed by atoms with Crippen LogP contribution in [0.1, 0.15) is 69.9 Å². The highest BCUT2D eigenvalue weighted by Crippen LogP contribution is 2.32. The van der Waals surface area contributed by atoms with E-state index in [1.165, 1.54) is 6.26 Å². The molecule has 1 saturated heterocycles. The van der Waals surface area contributed by atoms with Crippen molar-refractivity contribution in [2.45, 2.75) is 64.6 Å². The Morgan fingerprint density at radius 1 is 1.40 bits per heavy atom. The van der Waals surface area contributed by atoms with Gasteiger partial charge < -0.3 is 19.6 Å². The molecule has 1 aliphatic rings.